The Morgan fingerprint density at radius 2 is 2.00 bits per heavy atom. The maximum Gasteiger partial charge on any atom is 0.265 e. The van der Waals surface area contributed by atoms with Crippen molar-refractivity contribution in [2.24, 2.45) is 11.3 Å². The summed E-state index contributed by atoms with van der Waals surface area (Å²) in [4.78, 5) is 0. The molecular formula is C10H10Cl3NO. The molecule has 0 saturated heterocycles. The van der Waals surface area contributed by atoms with Gasteiger partial charge in [0.15, 0.2) is 0 Å². The number of hydrogen-bond donors (Lipinski definition) is 1. The van der Waals surface area contributed by atoms with Crippen molar-refractivity contribution >= 4 is 40.7 Å². The van der Waals surface area contributed by atoms with E-state index in [0.29, 0.717) is 12.5 Å². The summed E-state index contributed by atoms with van der Waals surface area (Å²) in [6.45, 7) is 0.432. The van der Waals surface area contributed by atoms with Gasteiger partial charge in [0.25, 0.3) is 3.79 Å². The third-order valence-electron chi connectivity index (χ3n) is 2.81. The summed E-state index contributed by atoms with van der Waals surface area (Å²) < 4.78 is 3.39. The fraction of sp³-hybridized carbons (Fsp3) is 0.500. The van der Waals surface area contributed by atoms with Crippen LogP contribution in [0.5, 0.6) is 0 Å². The van der Waals surface area contributed by atoms with Gasteiger partial charge in [0, 0.05) is 11.3 Å². The van der Waals surface area contributed by atoms with Crippen molar-refractivity contribution in [2.45, 2.75) is 10.2 Å². The molecule has 1 atom stereocenters. The van der Waals surface area contributed by atoms with Crippen LogP contribution in [0.3, 0.4) is 0 Å². The molecule has 0 aromatic rings. The van der Waals surface area contributed by atoms with E-state index in [1.165, 1.54) is 0 Å². The molecule has 1 saturated carbocycles. The number of nitrogens with one attached hydrogen (secondary N) is 1. The summed E-state index contributed by atoms with van der Waals surface area (Å²) in [7, 11) is 0. The first kappa shape index (κ1) is 11.3. The summed E-state index contributed by atoms with van der Waals surface area (Å²) in [6, 6.07) is 0. The molecule has 0 radical (unpaired) electrons. The molecule has 2 rings (SSSR count). The van der Waals surface area contributed by atoms with Gasteiger partial charge < -0.3 is 4.74 Å². The fourth-order valence-corrected chi connectivity index (χ4v) is 1.94. The van der Waals surface area contributed by atoms with Gasteiger partial charge >= 0.3 is 0 Å². The number of ether oxygens (including phenoxy) is 1. The van der Waals surface area contributed by atoms with Crippen LogP contribution in [0.25, 0.3) is 0 Å². The van der Waals surface area contributed by atoms with Gasteiger partial charge in [-0.25, -0.2) is 0 Å². The van der Waals surface area contributed by atoms with Crippen LogP contribution in [0.1, 0.15) is 6.42 Å². The lowest BCUT2D eigenvalue weighted by molar-refractivity contribution is 0.269. The molecule has 0 aliphatic heterocycles. The highest BCUT2D eigenvalue weighted by atomic mass is 35.6. The van der Waals surface area contributed by atoms with Gasteiger partial charge in [-0.2, -0.15) is 0 Å². The molecule has 1 spiro atoms. The molecule has 5 heteroatoms. The Morgan fingerprint density at radius 3 is 2.53 bits per heavy atom. The molecule has 0 amide bonds. The highest BCUT2D eigenvalue weighted by Gasteiger charge is 2.51. The maximum atomic E-state index is 7.37. The number of alkyl halides is 3. The average Bonchev–Trinajstić information content (AvgIpc) is 2.54. The lowest BCUT2D eigenvalue weighted by Crippen LogP contribution is -2.22. The Labute approximate surface area is 103 Å². The molecule has 0 heterocycles. The molecule has 0 unspecified atom stereocenters. The Hall–Kier alpha value is -0.180. The summed E-state index contributed by atoms with van der Waals surface area (Å²) in [5.41, 5.74) is 0.161. The highest BCUT2D eigenvalue weighted by molar-refractivity contribution is 6.76. The summed E-state index contributed by atoms with van der Waals surface area (Å²) in [6.07, 6.45) is 9.41. The van der Waals surface area contributed by atoms with Crippen molar-refractivity contribution in [3.63, 3.8) is 0 Å². The minimum Gasteiger partial charge on any atom is -0.478 e. The van der Waals surface area contributed by atoms with Crippen molar-refractivity contribution in [1.29, 1.82) is 5.41 Å². The fourth-order valence-electron chi connectivity index (χ4n) is 1.78. The van der Waals surface area contributed by atoms with E-state index in [1.54, 1.807) is 0 Å². The quantitative estimate of drug-likeness (QED) is 0.463. The van der Waals surface area contributed by atoms with E-state index in [2.05, 4.69) is 12.2 Å². The van der Waals surface area contributed by atoms with Crippen molar-refractivity contribution in [3.8, 4) is 0 Å². The number of halogens is 3. The number of hydrogen-bond acceptors (Lipinski definition) is 2. The van der Waals surface area contributed by atoms with E-state index in [0.717, 1.165) is 6.42 Å². The predicted molar refractivity (Wildman–Crippen MR) is 62.8 cm³/mol. The largest absolute Gasteiger partial charge is 0.478 e. The van der Waals surface area contributed by atoms with Crippen LogP contribution in [0.4, 0.5) is 0 Å². The first-order chi connectivity index (χ1) is 6.94. The van der Waals surface area contributed by atoms with Crippen LogP contribution >= 0.6 is 34.8 Å². The van der Waals surface area contributed by atoms with Gasteiger partial charge in [0.1, 0.15) is 0 Å². The SMILES string of the molecule is N=C(OC[C@@H]1CC12C=CC=C2)C(Cl)(Cl)Cl. The molecule has 2 aliphatic carbocycles. The molecule has 0 aromatic carbocycles. The zero-order valence-corrected chi connectivity index (χ0v) is 10.1. The molecule has 0 bridgehead atoms. The first-order valence-corrected chi connectivity index (χ1v) is 5.73. The molecule has 2 nitrogen and oxygen atoms in total. The predicted octanol–water partition coefficient (Wildman–Crippen LogP) is 3.48. The third-order valence-corrected chi connectivity index (χ3v) is 3.33. The topological polar surface area (TPSA) is 33.1 Å². The monoisotopic (exact) mass is 265 g/mol. The Bertz CT molecular complexity index is 331. The van der Waals surface area contributed by atoms with Crippen molar-refractivity contribution in [1.82, 2.24) is 0 Å². The van der Waals surface area contributed by atoms with Crippen LogP contribution in [0, 0.1) is 16.7 Å². The number of allylic oxidation sites excluding steroid dienone is 4. The van der Waals surface area contributed by atoms with E-state index in [9.17, 15) is 0 Å². The maximum absolute atomic E-state index is 7.37. The Morgan fingerprint density at radius 1 is 1.40 bits per heavy atom. The molecule has 82 valence electrons. The van der Waals surface area contributed by atoms with Gasteiger partial charge in [0.2, 0.25) is 5.90 Å². The van der Waals surface area contributed by atoms with Crippen molar-refractivity contribution in [2.75, 3.05) is 6.61 Å². The minimum absolute atomic E-state index is 0.161. The van der Waals surface area contributed by atoms with Gasteiger partial charge in [0.05, 0.1) is 6.61 Å². The molecular weight excluding hydrogens is 256 g/mol. The Kier molecular flexibility index (Phi) is 2.78. The zero-order valence-electron chi connectivity index (χ0n) is 7.84. The summed E-state index contributed by atoms with van der Waals surface area (Å²) in [5, 5.41) is 7.37. The standard InChI is InChI=1S/C10H10Cl3NO/c11-10(12,13)8(14)15-6-7-5-9(7)3-1-2-4-9/h1-4,7,14H,5-6H2/t7-/m0/s1. The van der Waals surface area contributed by atoms with Gasteiger partial charge in [-0.1, -0.05) is 59.1 Å². The first-order valence-electron chi connectivity index (χ1n) is 4.60. The van der Waals surface area contributed by atoms with E-state index in [4.69, 9.17) is 44.9 Å². The Balaban J connectivity index is 1.80. The highest BCUT2D eigenvalue weighted by Crippen LogP contribution is 2.56. The van der Waals surface area contributed by atoms with Crippen molar-refractivity contribution in [3.05, 3.63) is 24.3 Å². The second-order valence-electron chi connectivity index (χ2n) is 3.87. The molecule has 1 N–H and O–H groups in total. The van der Waals surface area contributed by atoms with Crippen LogP contribution in [0.15, 0.2) is 24.3 Å². The van der Waals surface area contributed by atoms with Crippen LogP contribution in [0.2, 0.25) is 0 Å². The zero-order chi connectivity index (χ0) is 11.1. The van der Waals surface area contributed by atoms with Gasteiger partial charge in [-0.3, -0.25) is 5.41 Å². The molecule has 2 aliphatic rings. The number of rotatable bonds is 2. The second kappa shape index (κ2) is 3.69. The van der Waals surface area contributed by atoms with Crippen LogP contribution in [-0.4, -0.2) is 16.3 Å². The third kappa shape index (κ3) is 2.32. The average molecular weight is 267 g/mol. The minimum atomic E-state index is -1.75. The molecule has 15 heavy (non-hydrogen) atoms. The van der Waals surface area contributed by atoms with E-state index in [1.807, 2.05) is 12.2 Å². The van der Waals surface area contributed by atoms with Crippen LogP contribution in [-0.2, 0) is 4.74 Å². The molecule has 0 aromatic heterocycles. The summed E-state index contributed by atoms with van der Waals surface area (Å²) in [5.74, 6) is 0.0979. The van der Waals surface area contributed by atoms with Crippen LogP contribution < -0.4 is 0 Å². The second-order valence-corrected chi connectivity index (χ2v) is 6.15. The van der Waals surface area contributed by atoms with Gasteiger partial charge in [-0.15, -0.1) is 0 Å². The lowest BCUT2D eigenvalue weighted by Gasteiger charge is -2.14. The normalized spacial score (nSPS) is 25.9. The van der Waals surface area contributed by atoms with Gasteiger partial charge in [-0.05, 0) is 6.42 Å². The smallest absolute Gasteiger partial charge is 0.265 e. The van der Waals surface area contributed by atoms with Crippen molar-refractivity contribution < 1.29 is 4.74 Å². The van der Waals surface area contributed by atoms with E-state index < -0.39 is 3.79 Å². The summed E-state index contributed by atoms with van der Waals surface area (Å²) >= 11 is 16.5. The molecule has 1 fully saturated rings. The lowest BCUT2D eigenvalue weighted by atomic mass is 10.1. The van der Waals surface area contributed by atoms with E-state index >= 15 is 0 Å². The van der Waals surface area contributed by atoms with E-state index in [-0.39, 0.29) is 11.3 Å².